The van der Waals surface area contributed by atoms with E-state index >= 15 is 0 Å². The standard InChI is InChI=1S/C17H14Cl2N2O2S/c1-3-9-4-7-12-13(8-9)24-17(20-12)21-16(22)14-10(18)5-6-11(19)15(14)23-2/h4-8H,3H2,1-2H3,(H,20,21,22). The number of hydrogen-bond donors (Lipinski definition) is 1. The van der Waals surface area contributed by atoms with Crippen molar-refractivity contribution in [2.45, 2.75) is 13.3 Å². The maximum Gasteiger partial charge on any atom is 0.262 e. The van der Waals surface area contributed by atoms with E-state index in [1.165, 1.54) is 24.0 Å². The van der Waals surface area contributed by atoms with Crippen molar-refractivity contribution in [1.82, 2.24) is 4.98 Å². The van der Waals surface area contributed by atoms with Gasteiger partial charge in [0.25, 0.3) is 5.91 Å². The summed E-state index contributed by atoms with van der Waals surface area (Å²) in [5, 5.41) is 3.86. The SMILES string of the molecule is CCc1ccc2nc(NC(=O)c3c(Cl)ccc(Cl)c3OC)sc2c1. The number of fused-ring (bicyclic) bond motifs is 1. The fourth-order valence-corrected chi connectivity index (χ4v) is 3.74. The quantitative estimate of drug-likeness (QED) is 0.656. The number of methoxy groups -OCH3 is 1. The van der Waals surface area contributed by atoms with Gasteiger partial charge in [-0.1, -0.05) is 47.5 Å². The van der Waals surface area contributed by atoms with Crippen LogP contribution in [0.3, 0.4) is 0 Å². The van der Waals surface area contributed by atoms with Crippen molar-refractivity contribution in [1.29, 1.82) is 0 Å². The second-order valence-corrected chi connectivity index (χ2v) is 6.91. The Morgan fingerprint density at radius 3 is 2.71 bits per heavy atom. The third-order valence-electron chi connectivity index (χ3n) is 3.57. The number of thiazole rings is 1. The third kappa shape index (κ3) is 3.20. The summed E-state index contributed by atoms with van der Waals surface area (Å²) in [5.74, 6) is -0.162. The summed E-state index contributed by atoms with van der Waals surface area (Å²) in [4.78, 5) is 17.0. The minimum atomic E-state index is -0.408. The van der Waals surface area contributed by atoms with Crippen LogP contribution in [0.15, 0.2) is 30.3 Å². The van der Waals surface area contributed by atoms with Crippen molar-refractivity contribution in [3.8, 4) is 5.75 Å². The molecule has 0 bridgehead atoms. The molecule has 0 fully saturated rings. The third-order valence-corrected chi connectivity index (χ3v) is 5.12. The van der Waals surface area contributed by atoms with E-state index in [0.29, 0.717) is 10.2 Å². The molecule has 0 radical (unpaired) electrons. The fraction of sp³-hybridized carbons (Fsp3) is 0.176. The lowest BCUT2D eigenvalue weighted by atomic mass is 10.2. The van der Waals surface area contributed by atoms with Crippen molar-refractivity contribution in [2.75, 3.05) is 12.4 Å². The Morgan fingerprint density at radius 1 is 1.25 bits per heavy atom. The lowest BCUT2D eigenvalue weighted by Gasteiger charge is -2.11. The molecule has 7 heteroatoms. The van der Waals surface area contributed by atoms with Gasteiger partial charge in [-0.2, -0.15) is 0 Å². The summed E-state index contributed by atoms with van der Waals surface area (Å²) in [7, 11) is 1.44. The molecule has 1 heterocycles. The summed E-state index contributed by atoms with van der Waals surface area (Å²) < 4.78 is 6.23. The summed E-state index contributed by atoms with van der Waals surface area (Å²) in [6.07, 6.45) is 0.949. The Morgan fingerprint density at radius 2 is 2.00 bits per heavy atom. The van der Waals surface area contributed by atoms with E-state index < -0.39 is 5.91 Å². The molecule has 0 saturated heterocycles. The molecule has 3 rings (SSSR count). The van der Waals surface area contributed by atoms with Crippen LogP contribution in [-0.4, -0.2) is 18.0 Å². The van der Waals surface area contributed by atoms with E-state index in [9.17, 15) is 4.79 Å². The van der Waals surface area contributed by atoms with Gasteiger partial charge in [-0.25, -0.2) is 4.98 Å². The second kappa shape index (κ2) is 6.97. The van der Waals surface area contributed by atoms with Crippen molar-refractivity contribution >= 4 is 55.8 Å². The highest BCUT2D eigenvalue weighted by Gasteiger charge is 2.20. The van der Waals surface area contributed by atoms with E-state index in [1.54, 1.807) is 12.1 Å². The van der Waals surface area contributed by atoms with Crippen LogP contribution in [0, 0.1) is 0 Å². The minimum absolute atomic E-state index is 0.195. The smallest absolute Gasteiger partial charge is 0.262 e. The Labute approximate surface area is 153 Å². The van der Waals surface area contributed by atoms with Crippen LogP contribution in [0.5, 0.6) is 5.75 Å². The van der Waals surface area contributed by atoms with Crippen LogP contribution >= 0.6 is 34.5 Å². The average molecular weight is 381 g/mol. The largest absolute Gasteiger partial charge is 0.494 e. The van der Waals surface area contributed by atoms with Crippen LogP contribution in [0.4, 0.5) is 5.13 Å². The summed E-state index contributed by atoms with van der Waals surface area (Å²) in [6.45, 7) is 2.10. The summed E-state index contributed by atoms with van der Waals surface area (Å²) in [5.41, 5.74) is 2.26. The molecule has 4 nitrogen and oxygen atoms in total. The maximum absolute atomic E-state index is 12.6. The van der Waals surface area contributed by atoms with Crippen molar-refractivity contribution < 1.29 is 9.53 Å². The fourth-order valence-electron chi connectivity index (χ4n) is 2.35. The zero-order valence-corrected chi connectivity index (χ0v) is 15.4. The first-order valence-corrected chi connectivity index (χ1v) is 8.83. The summed E-state index contributed by atoms with van der Waals surface area (Å²) in [6, 6.07) is 9.21. The number of aromatic nitrogens is 1. The Hall–Kier alpha value is -1.82. The Balaban J connectivity index is 1.94. The molecule has 1 aromatic heterocycles. The number of halogens is 2. The van der Waals surface area contributed by atoms with Gasteiger partial charge in [0.2, 0.25) is 0 Å². The van der Waals surface area contributed by atoms with Crippen molar-refractivity contribution in [2.24, 2.45) is 0 Å². The molecule has 1 amide bonds. The molecule has 0 unspecified atom stereocenters. The number of amides is 1. The molecule has 0 atom stereocenters. The van der Waals surface area contributed by atoms with Gasteiger partial charge >= 0.3 is 0 Å². The van der Waals surface area contributed by atoms with Crippen LogP contribution in [0.2, 0.25) is 10.0 Å². The van der Waals surface area contributed by atoms with Crippen molar-refractivity contribution in [3.05, 3.63) is 51.5 Å². The van der Waals surface area contributed by atoms with E-state index in [1.807, 2.05) is 12.1 Å². The number of rotatable bonds is 4. The lowest BCUT2D eigenvalue weighted by molar-refractivity contribution is 0.102. The molecular weight excluding hydrogens is 367 g/mol. The van der Waals surface area contributed by atoms with Gasteiger partial charge in [-0.15, -0.1) is 0 Å². The Kier molecular flexibility index (Phi) is 4.94. The van der Waals surface area contributed by atoms with Crippen molar-refractivity contribution in [3.63, 3.8) is 0 Å². The first-order chi connectivity index (χ1) is 11.5. The van der Waals surface area contributed by atoms with E-state index in [-0.39, 0.29) is 16.3 Å². The molecular formula is C17H14Cl2N2O2S. The van der Waals surface area contributed by atoms with E-state index in [0.717, 1.165) is 16.6 Å². The predicted octanol–water partition coefficient (Wildman–Crippen LogP) is 5.43. The van der Waals surface area contributed by atoms with Crippen LogP contribution < -0.4 is 10.1 Å². The van der Waals surface area contributed by atoms with Gasteiger partial charge in [0, 0.05) is 0 Å². The van der Waals surface area contributed by atoms with Gasteiger partial charge in [0.05, 0.1) is 27.4 Å². The monoisotopic (exact) mass is 380 g/mol. The number of nitrogens with one attached hydrogen (secondary N) is 1. The number of carbonyl (C=O) groups is 1. The van der Waals surface area contributed by atoms with Crippen LogP contribution in [-0.2, 0) is 6.42 Å². The molecule has 3 aromatic rings. The molecule has 0 spiro atoms. The average Bonchev–Trinajstić information content (AvgIpc) is 2.97. The summed E-state index contributed by atoms with van der Waals surface area (Å²) >= 11 is 13.6. The van der Waals surface area contributed by atoms with E-state index in [2.05, 4.69) is 23.3 Å². The highest BCUT2D eigenvalue weighted by molar-refractivity contribution is 7.22. The predicted molar refractivity (Wildman–Crippen MR) is 100.0 cm³/mol. The number of ether oxygens (including phenoxy) is 1. The molecule has 0 aliphatic rings. The lowest BCUT2D eigenvalue weighted by Crippen LogP contribution is -2.14. The molecule has 0 aliphatic carbocycles. The van der Waals surface area contributed by atoms with Gasteiger partial charge in [0.15, 0.2) is 10.9 Å². The molecule has 1 N–H and O–H groups in total. The number of hydrogen-bond acceptors (Lipinski definition) is 4. The highest BCUT2D eigenvalue weighted by Crippen LogP contribution is 2.35. The number of carbonyl (C=O) groups excluding carboxylic acids is 1. The van der Waals surface area contributed by atoms with Crippen LogP contribution in [0.1, 0.15) is 22.8 Å². The van der Waals surface area contributed by atoms with Gasteiger partial charge in [-0.3, -0.25) is 10.1 Å². The number of aryl methyl sites for hydroxylation is 1. The van der Waals surface area contributed by atoms with Gasteiger partial charge in [0.1, 0.15) is 5.56 Å². The second-order valence-electron chi connectivity index (χ2n) is 5.07. The molecule has 2 aromatic carbocycles. The normalized spacial score (nSPS) is 10.8. The topological polar surface area (TPSA) is 51.2 Å². The molecule has 124 valence electrons. The zero-order valence-electron chi connectivity index (χ0n) is 13.0. The minimum Gasteiger partial charge on any atom is -0.494 e. The molecule has 0 saturated carbocycles. The maximum atomic E-state index is 12.6. The number of nitrogens with zero attached hydrogens (tertiary/aromatic N) is 1. The number of anilines is 1. The van der Waals surface area contributed by atoms with Gasteiger partial charge in [-0.05, 0) is 36.2 Å². The zero-order chi connectivity index (χ0) is 17.3. The molecule has 0 aliphatic heterocycles. The first kappa shape index (κ1) is 17.0. The highest BCUT2D eigenvalue weighted by atomic mass is 35.5. The van der Waals surface area contributed by atoms with E-state index in [4.69, 9.17) is 27.9 Å². The number of benzene rings is 2. The molecule has 24 heavy (non-hydrogen) atoms. The first-order valence-electron chi connectivity index (χ1n) is 7.26. The Bertz CT molecular complexity index is 924. The van der Waals surface area contributed by atoms with Crippen LogP contribution in [0.25, 0.3) is 10.2 Å². The van der Waals surface area contributed by atoms with Gasteiger partial charge < -0.3 is 4.74 Å².